The number of nitrogens with zero attached hydrogens (tertiary/aromatic N) is 1. The van der Waals surface area contributed by atoms with Gasteiger partial charge in [0, 0.05) is 11.4 Å². The summed E-state index contributed by atoms with van der Waals surface area (Å²) in [5, 5.41) is 13.2. The molecule has 1 fully saturated rings. The van der Waals surface area contributed by atoms with E-state index in [0.717, 1.165) is 16.9 Å². The number of thiophene rings is 1. The van der Waals surface area contributed by atoms with E-state index in [2.05, 4.69) is 20.8 Å². The average Bonchev–Trinajstić information content (AvgIpc) is 3.29. The first-order chi connectivity index (χ1) is 13.7. The zero-order valence-corrected chi connectivity index (χ0v) is 18.3. The molecule has 0 spiro atoms. The van der Waals surface area contributed by atoms with Gasteiger partial charge in [-0.05, 0) is 41.0 Å². The Morgan fingerprint density at radius 3 is 2.52 bits per heavy atom. The number of benzene rings is 1. The Hall–Kier alpha value is -2.60. The number of hydrogen-bond acceptors (Lipinski definition) is 5. The number of likely N-dealkylation sites (tertiary alicyclic amines) is 1. The largest absolute Gasteiger partial charge is 0.507 e. The van der Waals surface area contributed by atoms with E-state index in [1.165, 1.54) is 18.4 Å². The molecule has 1 aromatic heterocycles. The fourth-order valence-electron chi connectivity index (χ4n) is 3.60. The smallest absolute Gasteiger partial charge is 0.295 e. The predicted octanol–water partition coefficient (Wildman–Crippen LogP) is 4.89. The summed E-state index contributed by atoms with van der Waals surface area (Å²) in [6.45, 7) is 8.63. The first-order valence-electron chi connectivity index (χ1n) is 9.71. The number of amides is 1. The van der Waals surface area contributed by atoms with Crippen molar-refractivity contribution in [3.05, 3.63) is 57.3 Å². The molecule has 0 bridgehead atoms. The van der Waals surface area contributed by atoms with Gasteiger partial charge in [-0.15, -0.1) is 11.3 Å². The Balaban J connectivity index is 2.24. The van der Waals surface area contributed by atoms with Crippen molar-refractivity contribution < 1.29 is 19.4 Å². The topological polar surface area (TPSA) is 66.8 Å². The monoisotopic (exact) mass is 413 g/mol. The van der Waals surface area contributed by atoms with Crippen LogP contribution in [0, 0.1) is 0 Å². The van der Waals surface area contributed by atoms with Crippen molar-refractivity contribution in [1.82, 2.24) is 4.90 Å². The van der Waals surface area contributed by atoms with E-state index >= 15 is 0 Å². The predicted molar refractivity (Wildman–Crippen MR) is 115 cm³/mol. The van der Waals surface area contributed by atoms with Crippen LogP contribution in [0.2, 0.25) is 0 Å². The molecule has 2 heterocycles. The minimum Gasteiger partial charge on any atom is -0.507 e. The lowest BCUT2D eigenvalue weighted by atomic mass is 9.85. The number of aliphatic hydroxyl groups excluding tert-OH is 1. The summed E-state index contributed by atoms with van der Waals surface area (Å²) in [5.41, 5.74) is 1.39. The first kappa shape index (κ1) is 21.1. The zero-order valence-electron chi connectivity index (χ0n) is 17.5. The number of ether oxygens (including phenoxy) is 1. The molecule has 1 saturated heterocycles. The normalized spacial score (nSPS) is 19.1. The molecular weight excluding hydrogens is 386 g/mol. The molecule has 29 heavy (non-hydrogen) atoms. The first-order valence-corrected chi connectivity index (χ1v) is 10.6. The molecule has 5 nitrogen and oxygen atoms in total. The highest BCUT2D eigenvalue weighted by molar-refractivity contribution is 7.10. The number of ketones is 1. The van der Waals surface area contributed by atoms with Crippen LogP contribution in [0.1, 0.15) is 56.2 Å². The lowest BCUT2D eigenvalue weighted by Crippen LogP contribution is -2.30. The lowest BCUT2D eigenvalue weighted by Gasteiger charge is -2.24. The third kappa shape index (κ3) is 3.81. The quantitative estimate of drug-likeness (QED) is 0.431. The highest BCUT2D eigenvalue weighted by Crippen LogP contribution is 2.43. The summed E-state index contributed by atoms with van der Waals surface area (Å²) in [5.74, 6) is -0.958. The Labute approximate surface area is 175 Å². The molecule has 1 unspecified atom stereocenters. The Bertz CT molecular complexity index is 954. The van der Waals surface area contributed by atoms with Gasteiger partial charge in [-0.3, -0.25) is 9.59 Å². The molecule has 1 atom stereocenters. The van der Waals surface area contributed by atoms with E-state index in [-0.39, 0.29) is 16.7 Å². The molecule has 1 aromatic carbocycles. The van der Waals surface area contributed by atoms with E-state index < -0.39 is 17.7 Å². The van der Waals surface area contributed by atoms with Crippen LogP contribution in [-0.4, -0.2) is 35.4 Å². The van der Waals surface area contributed by atoms with Crippen molar-refractivity contribution in [3.63, 3.8) is 0 Å². The summed E-state index contributed by atoms with van der Waals surface area (Å²) >= 11 is 1.46. The van der Waals surface area contributed by atoms with Gasteiger partial charge in [-0.2, -0.15) is 0 Å². The standard InChI is InChI=1S/C23H27NO4S/c1-6-11-24-19(17-8-7-12-29-17)18(21(26)22(24)27)20(25)15-13-14(23(2,3)4)9-10-16(15)28-5/h7-10,12-13,19,25H,6,11H2,1-5H3/b20-18+. The molecule has 1 aliphatic heterocycles. The maximum atomic E-state index is 12.9. The molecule has 1 N–H and O–H groups in total. The third-order valence-electron chi connectivity index (χ3n) is 5.14. The molecule has 2 aromatic rings. The van der Waals surface area contributed by atoms with Crippen LogP contribution >= 0.6 is 11.3 Å². The summed E-state index contributed by atoms with van der Waals surface area (Å²) in [6, 6.07) is 8.76. The summed E-state index contributed by atoms with van der Waals surface area (Å²) < 4.78 is 5.45. The number of carbonyl (C=O) groups is 2. The second-order valence-corrected chi connectivity index (χ2v) is 9.15. The summed E-state index contributed by atoms with van der Waals surface area (Å²) in [6.07, 6.45) is 0.720. The van der Waals surface area contributed by atoms with Crippen molar-refractivity contribution >= 4 is 28.8 Å². The van der Waals surface area contributed by atoms with Crippen molar-refractivity contribution in [3.8, 4) is 5.75 Å². The van der Waals surface area contributed by atoms with Gasteiger partial charge in [0.25, 0.3) is 11.7 Å². The maximum absolute atomic E-state index is 12.9. The van der Waals surface area contributed by atoms with E-state index in [0.29, 0.717) is 17.9 Å². The highest BCUT2D eigenvalue weighted by atomic mass is 32.1. The van der Waals surface area contributed by atoms with Crippen LogP contribution in [0.15, 0.2) is 41.3 Å². The summed E-state index contributed by atoms with van der Waals surface area (Å²) in [7, 11) is 1.52. The second kappa shape index (κ2) is 8.03. The van der Waals surface area contributed by atoms with Gasteiger partial charge in [0.1, 0.15) is 11.5 Å². The molecule has 1 amide bonds. The van der Waals surface area contributed by atoms with E-state index in [1.807, 2.05) is 36.6 Å². The molecule has 0 aliphatic carbocycles. The van der Waals surface area contributed by atoms with Gasteiger partial charge in [-0.1, -0.05) is 39.8 Å². The average molecular weight is 414 g/mol. The fourth-order valence-corrected chi connectivity index (χ4v) is 4.44. The second-order valence-electron chi connectivity index (χ2n) is 8.17. The van der Waals surface area contributed by atoms with Gasteiger partial charge in [-0.25, -0.2) is 0 Å². The van der Waals surface area contributed by atoms with Crippen LogP contribution in [0.3, 0.4) is 0 Å². The highest BCUT2D eigenvalue weighted by Gasteiger charge is 2.46. The van der Waals surface area contributed by atoms with Crippen molar-refractivity contribution in [2.75, 3.05) is 13.7 Å². The maximum Gasteiger partial charge on any atom is 0.295 e. The molecule has 0 saturated carbocycles. The number of aliphatic hydroxyl groups is 1. The molecule has 1 aliphatic rings. The number of hydrogen-bond donors (Lipinski definition) is 1. The lowest BCUT2D eigenvalue weighted by molar-refractivity contribution is -0.139. The van der Waals surface area contributed by atoms with Crippen LogP contribution in [0.25, 0.3) is 5.76 Å². The third-order valence-corrected chi connectivity index (χ3v) is 6.06. The van der Waals surface area contributed by atoms with Gasteiger partial charge >= 0.3 is 0 Å². The van der Waals surface area contributed by atoms with Crippen molar-refractivity contribution in [2.45, 2.75) is 45.6 Å². The van der Waals surface area contributed by atoms with Crippen molar-refractivity contribution in [2.24, 2.45) is 0 Å². The van der Waals surface area contributed by atoms with Gasteiger partial charge < -0.3 is 14.7 Å². The molecule has 3 rings (SSSR count). The van der Waals surface area contributed by atoms with Crippen molar-refractivity contribution in [1.29, 1.82) is 0 Å². The van der Waals surface area contributed by atoms with Gasteiger partial charge in [0.15, 0.2) is 0 Å². The SMILES string of the molecule is CCCN1C(=O)C(=O)/C(=C(/O)c2cc(C(C)(C)C)ccc2OC)C1c1cccs1. The number of Topliss-reactive ketones (excluding diaryl/α,β-unsaturated/α-hetero) is 1. The molecule has 0 radical (unpaired) electrons. The minimum atomic E-state index is -0.655. The van der Waals surface area contributed by atoms with Crippen LogP contribution < -0.4 is 4.74 Å². The molecule has 6 heteroatoms. The Morgan fingerprint density at radius 1 is 1.24 bits per heavy atom. The Kier molecular flexibility index (Phi) is 5.85. The molecule has 154 valence electrons. The van der Waals surface area contributed by atoms with E-state index in [9.17, 15) is 14.7 Å². The van der Waals surface area contributed by atoms with Crippen LogP contribution in [0.5, 0.6) is 5.75 Å². The fraction of sp³-hybridized carbons (Fsp3) is 0.391. The number of carbonyl (C=O) groups excluding carboxylic acids is 2. The van der Waals surface area contributed by atoms with Crippen LogP contribution in [0.4, 0.5) is 0 Å². The summed E-state index contributed by atoms with van der Waals surface area (Å²) in [4.78, 5) is 28.1. The van der Waals surface area contributed by atoms with E-state index in [1.54, 1.807) is 11.0 Å². The number of methoxy groups -OCH3 is 1. The number of rotatable bonds is 5. The Morgan fingerprint density at radius 2 is 1.97 bits per heavy atom. The van der Waals surface area contributed by atoms with E-state index in [4.69, 9.17) is 4.74 Å². The minimum absolute atomic E-state index is 0.121. The van der Waals surface area contributed by atoms with Gasteiger partial charge in [0.2, 0.25) is 0 Å². The zero-order chi connectivity index (χ0) is 21.3. The van der Waals surface area contributed by atoms with Crippen LogP contribution in [-0.2, 0) is 15.0 Å². The molecular formula is C23H27NO4S. The van der Waals surface area contributed by atoms with Gasteiger partial charge in [0.05, 0.1) is 24.3 Å².